The summed E-state index contributed by atoms with van der Waals surface area (Å²) in [6.07, 6.45) is 0.243. The number of rotatable bonds is 4. The molecule has 0 aliphatic rings. The van der Waals surface area contributed by atoms with Gasteiger partial charge in [-0.2, -0.15) is 0 Å². The van der Waals surface area contributed by atoms with E-state index in [1.54, 1.807) is 0 Å². The summed E-state index contributed by atoms with van der Waals surface area (Å²) in [6, 6.07) is 9.42. The first-order valence-corrected chi connectivity index (χ1v) is 7.76. The van der Waals surface area contributed by atoms with Crippen LogP contribution in [0.5, 0.6) is 5.75 Å². The molecule has 26 heavy (non-hydrogen) atoms. The third-order valence-corrected chi connectivity index (χ3v) is 4.04. The summed E-state index contributed by atoms with van der Waals surface area (Å²) in [7, 11) is 0. The van der Waals surface area contributed by atoms with Gasteiger partial charge < -0.3 is 5.11 Å². The lowest BCUT2D eigenvalue weighted by atomic mass is 9.99. The molecule has 1 nitrogen and oxygen atoms in total. The minimum Gasteiger partial charge on any atom is -0.508 e. The van der Waals surface area contributed by atoms with Crippen molar-refractivity contribution < 1.29 is 27.1 Å². The Morgan fingerprint density at radius 1 is 0.654 bits per heavy atom. The topological polar surface area (TPSA) is 20.2 Å². The minimum atomic E-state index is -1.54. The normalized spacial score (nSPS) is 11.0. The average Bonchev–Trinajstić information content (AvgIpc) is 2.58. The molecule has 6 heteroatoms. The van der Waals surface area contributed by atoms with Gasteiger partial charge in [-0.15, -0.1) is 0 Å². The second-order valence-corrected chi connectivity index (χ2v) is 5.84. The molecule has 0 unspecified atom stereocenters. The van der Waals surface area contributed by atoms with Gasteiger partial charge in [-0.3, -0.25) is 0 Å². The highest BCUT2D eigenvalue weighted by Crippen LogP contribution is 2.27. The zero-order chi connectivity index (χ0) is 18.8. The fraction of sp³-hybridized carbons (Fsp3) is 0.100. The van der Waals surface area contributed by atoms with Crippen molar-refractivity contribution in [3.8, 4) is 16.9 Å². The van der Waals surface area contributed by atoms with E-state index in [0.717, 1.165) is 24.3 Å². The van der Waals surface area contributed by atoms with Gasteiger partial charge in [0.1, 0.15) is 17.4 Å². The van der Waals surface area contributed by atoms with Gasteiger partial charge in [0.2, 0.25) is 0 Å². The van der Waals surface area contributed by atoms with Crippen molar-refractivity contribution in [2.75, 3.05) is 0 Å². The van der Waals surface area contributed by atoms with E-state index < -0.39 is 29.1 Å². The molecular weight excluding hydrogens is 351 g/mol. The lowest BCUT2D eigenvalue weighted by Crippen LogP contribution is -1.99. The maximum Gasteiger partial charge on any atom is 0.194 e. The van der Waals surface area contributed by atoms with Gasteiger partial charge in [-0.25, -0.2) is 22.0 Å². The largest absolute Gasteiger partial charge is 0.508 e. The van der Waals surface area contributed by atoms with E-state index in [-0.39, 0.29) is 35.3 Å². The summed E-state index contributed by atoms with van der Waals surface area (Å²) in [5, 5.41) is 9.23. The molecule has 0 aliphatic heterocycles. The van der Waals surface area contributed by atoms with E-state index in [0.29, 0.717) is 5.56 Å². The van der Waals surface area contributed by atoms with E-state index in [1.165, 1.54) is 24.3 Å². The molecule has 134 valence electrons. The van der Waals surface area contributed by atoms with Gasteiger partial charge in [0.05, 0.1) is 0 Å². The number of aryl methyl sites for hydroxylation is 2. The molecule has 0 saturated heterocycles. The van der Waals surface area contributed by atoms with E-state index >= 15 is 0 Å². The van der Waals surface area contributed by atoms with Crippen LogP contribution in [0.1, 0.15) is 11.1 Å². The molecule has 0 amide bonds. The van der Waals surface area contributed by atoms with Crippen LogP contribution in [0.3, 0.4) is 0 Å². The Hall–Kier alpha value is -2.89. The van der Waals surface area contributed by atoms with Crippen molar-refractivity contribution in [1.29, 1.82) is 0 Å². The highest BCUT2D eigenvalue weighted by Gasteiger charge is 2.13. The van der Waals surface area contributed by atoms with Gasteiger partial charge in [0, 0.05) is 11.6 Å². The Kier molecular flexibility index (Phi) is 4.93. The zero-order valence-electron chi connectivity index (χ0n) is 13.4. The van der Waals surface area contributed by atoms with Crippen LogP contribution in [-0.2, 0) is 12.8 Å². The smallest absolute Gasteiger partial charge is 0.194 e. The molecule has 0 atom stereocenters. The highest BCUT2D eigenvalue weighted by molar-refractivity contribution is 5.65. The number of aromatic hydroxyl groups is 1. The van der Waals surface area contributed by atoms with Crippen LogP contribution < -0.4 is 0 Å². The van der Waals surface area contributed by atoms with Crippen LogP contribution in [-0.4, -0.2) is 5.11 Å². The van der Waals surface area contributed by atoms with Crippen molar-refractivity contribution in [2.45, 2.75) is 12.8 Å². The molecule has 1 N–H and O–H groups in total. The van der Waals surface area contributed by atoms with Crippen molar-refractivity contribution in [1.82, 2.24) is 0 Å². The quantitative estimate of drug-likeness (QED) is 0.476. The first-order valence-electron chi connectivity index (χ1n) is 7.76. The van der Waals surface area contributed by atoms with Crippen LogP contribution in [0.25, 0.3) is 11.1 Å². The fourth-order valence-electron chi connectivity index (χ4n) is 2.69. The predicted molar refractivity (Wildman–Crippen MR) is 87.2 cm³/mol. The molecular formula is C20H13F5O. The Morgan fingerprint density at radius 2 is 1.35 bits per heavy atom. The molecule has 0 fully saturated rings. The second kappa shape index (κ2) is 7.15. The zero-order valence-corrected chi connectivity index (χ0v) is 13.4. The van der Waals surface area contributed by atoms with E-state index in [1.807, 2.05) is 0 Å². The minimum absolute atomic E-state index is 0.109. The van der Waals surface area contributed by atoms with E-state index in [2.05, 4.69) is 0 Å². The number of benzene rings is 3. The molecule has 3 aromatic carbocycles. The molecule has 3 rings (SSSR count). The standard InChI is InChI=1S/C20H13F5O/c21-16-9-13(15-6-5-14(26)10-17(15)22)4-3-12(16)2-1-11-7-18(23)20(25)19(24)8-11/h3-10,26H,1-2H2. The maximum atomic E-state index is 14.3. The molecule has 0 aromatic heterocycles. The van der Waals surface area contributed by atoms with Gasteiger partial charge >= 0.3 is 0 Å². The van der Waals surface area contributed by atoms with Crippen molar-refractivity contribution in [3.05, 3.63) is 88.7 Å². The van der Waals surface area contributed by atoms with Crippen LogP contribution >= 0.6 is 0 Å². The molecule has 0 spiro atoms. The predicted octanol–water partition coefficient (Wildman–Crippen LogP) is 5.54. The number of hydrogen-bond donors (Lipinski definition) is 1. The summed E-state index contributed by atoms with van der Waals surface area (Å²) in [4.78, 5) is 0. The SMILES string of the molecule is Oc1ccc(-c2ccc(CCc3cc(F)c(F)c(F)c3)c(F)c2)c(F)c1. The van der Waals surface area contributed by atoms with Gasteiger partial charge in [-0.1, -0.05) is 12.1 Å². The molecule has 3 aromatic rings. The number of hydrogen-bond acceptors (Lipinski definition) is 1. The van der Waals surface area contributed by atoms with Gasteiger partial charge in [0.25, 0.3) is 0 Å². The van der Waals surface area contributed by atoms with Crippen LogP contribution in [0, 0.1) is 29.1 Å². The first kappa shape index (κ1) is 17.9. The molecule has 0 bridgehead atoms. The Balaban J connectivity index is 1.80. The number of phenolic OH excluding ortho intramolecular Hbond substituents is 1. The maximum absolute atomic E-state index is 14.3. The van der Waals surface area contributed by atoms with Crippen molar-refractivity contribution in [3.63, 3.8) is 0 Å². The molecule has 0 heterocycles. The summed E-state index contributed by atoms with van der Waals surface area (Å²) in [5.74, 6) is -5.65. The molecule has 0 aliphatic carbocycles. The van der Waals surface area contributed by atoms with Crippen LogP contribution in [0.4, 0.5) is 22.0 Å². The number of phenols is 1. The first-order chi connectivity index (χ1) is 12.3. The lowest BCUT2D eigenvalue weighted by Gasteiger charge is -2.08. The second-order valence-electron chi connectivity index (χ2n) is 5.84. The monoisotopic (exact) mass is 364 g/mol. The Bertz CT molecular complexity index is 945. The van der Waals surface area contributed by atoms with Crippen LogP contribution in [0.2, 0.25) is 0 Å². The van der Waals surface area contributed by atoms with E-state index in [4.69, 9.17) is 0 Å². The van der Waals surface area contributed by atoms with Crippen molar-refractivity contribution in [2.24, 2.45) is 0 Å². The van der Waals surface area contributed by atoms with E-state index in [9.17, 15) is 27.1 Å². The summed E-state index contributed by atoms with van der Waals surface area (Å²) in [6.45, 7) is 0. The Labute approximate surface area is 146 Å². The van der Waals surface area contributed by atoms with Crippen molar-refractivity contribution >= 4 is 0 Å². The highest BCUT2D eigenvalue weighted by atomic mass is 19.2. The Morgan fingerprint density at radius 3 is 1.96 bits per heavy atom. The van der Waals surface area contributed by atoms with Gasteiger partial charge in [-0.05, 0) is 59.9 Å². The molecule has 0 saturated carbocycles. The average molecular weight is 364 g/mol. The summed E-state index contributed by atoms with van der Waals surface area (Å²) in [5.41, 5.74) is 0.908. The summed E-state index contributed by atoms with van der Waals surface area (Å²) < 4.78 is 67.5. The third-order valence-electron chi connectivity index (χ3n) is 4.04. The fourth-order valence-corrected chi connectivity index (χ4v) is 2.69. The molecule has 0 radical (unpaired) electrons. The number of halogens is 5. The summed E-state index contributed by atoms with van der Waals surface area (Å²) >= 11 is 0. The van der Waals surface area contributed by atoms with Crippen LogP contribution in [0.15, 0.2) is 48.5 Å². The van der Waals surface area contributed by atoms with Gasteiger partial charge in [0.15, 0.2) is 17.5 Å². The lowest BCUT2D eigenvalue weighted by molar-refractivity contribution is 0.445. The third kappa shape index (κ3) is 3.69.